The molecule has 5 nitrogen and oxygen atoms in total. The highest BCUT2D eigenvalue weighted by molar-refractivity contribution is 5.93. The Morgan fingerprint density at radius 1 is 1.23 bits per heavy atom. The van der Waals surface area contributed by atoms with E-state index >= 15 is 0 Å². The van der Waals surface area contributed by atoms with E-state index in [1.807, 2.05) is 31.2 Å². The minimum Gasteiger partial charge on any atom is -0.345 e. The standard InChI is InChI=1S/C23H23F3N4O/c1-15(29-22(31)19-11-27-28-12-19)17-7-5-16(6-8-17)13-30-10-9-20-18(14-30)3-2-4-21(20)23(24,25)26/h2-8,11-12,15H,9-10,13-14H2,1H3,(H,27,28)(H,29,31)/t15-/m0/s1. The average Bonchev–Trinajstić information content (AvgIpc) is 3.28. The van der Waals surface area contributed by atoms with Crippen molar-refractivity contribution in [3.63, 3.8) is 0 Å². The summed E-state index contributed by atoms with van der Waals surface area (Å²) < 4.78 is 39.7. The Kier molecular flexibility index (Phi) is 5.82. The highest BCUT2D eigenvalue weighted by Crippen LogP contribution is 2.35. The molecule has 2 heterocycles. The van der Waals surface area contributed by atoms with Crippen molar-refractivity contribution in [2.45, 2.75) is 38.7 Å². The van der Waals surface area contributed by atoms with E-state index in [-0.39, 0.29) is 11.9 Å². The van der Waals surface area contributed by atoms with Gasteiger partial charge in [0, 0.05) is 25.8 Å². The van der Waals surface area contributed by atoms with E-state index in [0.717, 1.165) is 16.7 Å². The Morgan fingerprint density at radius 2 is 2.00 bits per heavy atom. The summed E-state index contributed by atoms with van der Waals surface area (Å²) in [5.74, 6) is -0.199. The summed E-state index contributed by atoms with van der Waals surface area (Å²) in [5.41, 5.74) is 3.17. The van der Waals surface area contributed by atoms with Crippen LogP contribution in [0.15, 0.2) is 54.9 Å². The van der Waals surface area contributed by atoms with Gasteiger partial charge in [-0.1, -0.05) is 36.4 Å². The number of benzene rings is 2. The van der Waals surface area contributed by atoms with Gasteiger partial charge in [-0.25, -0.2) is 0 Å². The fourth-order valence-electron chi connectivity index (χ4n) is 3.98. The van der Waals surface area contributed by atoms with Gasteiger partial charge in [0.15, 0.2) is 0 Å². The molecule has 31 heavy (non-hydrogen) atoms. The molecule has 0 bridgehead atoms. The first kappa shape index (κ1) is 21.1. The van der Waals surface area contributed by atoms with Gasteiger partial charge in [0.25, 0.3) is 5.91 Å². The highest BCUT2D eigenvalue weighted by atomic mass is 19.4. The van der Waals surface area contributed by atoms with E-state index in [9.17, 15) is 18.0 Å². The van der Waals surface area contributed by atoms with Crippen molar-refractivity contribution in [2.75, 3.05) is 6.54 Å². The predicted octanol–water partition coefficient (Wildman–Crippen LogP) is 4.48. The number of hydrogen-bond donors (Lipinski definition) is 2. The Morgan fingerprint density at radius 3 is 2.68 bits per heavy atom. The fraction of sp³-hybridized carbons (Fsp3) is 0.304. The van der Waals surface area contributed by atoms with Crippen LogP contribution >= 0.6 is 0 Å². The molecule has 0 spiro atoms. The van der Waals surface area contributed by atoms with E-state index in [2.05, 4.69) is 20.4 Å². The molecular weight excluding hydrogens is 405 g/mol. The lowest BCUT2D eigenvalue weighted by Gasteiger charge is -2.30. The number of fused-ring (bicyclic) bond motifs is 1. The summed E-state index contributed by atoms with van der Waals surface area (Å²) in [7, 11) is 0. The first-order valence-electron chi connectivity index (χ1n) is 10.1. The number of H-pyrrole nitrogens is 1. The van der Waals surface area contributed by atoms with E-state index in [0.29, 0.717) is 37.2 Å². The Bertz CT molecular complexity index is 1050. The molecule has 0 saturated carbocycles. The molecule has 162 valence electrons. The maximum absolute atomic E-state index is 13.2. The second kappa shape index (κ2) is 8.55. The molecule has 1 atom stereocenters. The van der Waals surface area contributed by atoms with Crippen molar-refractivity contribution in [3.8, 4) is 0 Å². The maximum Gasteiger partial charge on any atom is 0.416 e. The van der Waals surface area contributed by atoms with Gasteiger partial charge in [0.2, 0.25) is 0 Å². The number of halogens is 3. The lowest BCUT2D eigenvalue weighted by Crippen LogP contribution is -2.31. The molecule has 1 aliphatic heterocycles. The van der Waals surface area contributed by atoms with E-state index in [1.165, 1.54) is 18.3 Å². The van der Waals surface area contributed by atoms with Crippen LogP contribution in [0.4, 0.5) is 13.2 Å². The zero-order valence-electron chi connectivity index (χ0n) is 17.0. The third kappa shape index (κ3) is 4.80. The normalized spacial score (nSPS) is 15.4. The molecule has 0 radical (unpaired) electrons. The summed E-state index contributed by atoms with van der Waals surface area (Å²) in [5, 5.41) is 9.32. The van der Waals surface area contributed by atoms with Gasteiger partial charge in [0.05, 0.1) is 23.4 Å². The summed E-state index contributed by atoms with van der Waals surface area (Å²) in [6.07, 6.45) is -0.910. The largest absolute Gasteiger partial charge is 0.416 e. The molecule has 4 rings (SSSR count). The van der Waals surface area contributed by atoms with Gasteiger partial charge in [-0.05, 0) is 41.7 Å². The number of aromatic amines is 1. The minimum atomic E-state index is -4.31. The lowest BCUT2D eigenvalue weighted by molar-refractivity contribution is -0.138. The van der Waals surface area contributed by atoms with Crippen molar-refractivity contribution in [3.05, 3.63) is 88.2 Å². The van der Waals surface area contributed by atoms with E-state index in [4.69, 9.17) is 0 Å². The van der Waals surface area contributed by atoms with Crippen LogP contribution in [-0.2, 0) is 25.7 Å². The SMILES string of the molecule is C[C@H](NC(=O)c1cn[nH]c1)c1ccc(CN2CCc3c(cccc3C(F)(F)F)C2)cc1. The number of hydrogen-bond acceptors (Lipinski definition) is 3. The molecule has 1 aromatic heterocycles. The van der Waals surface area contributed by atoms with Crippen molar-refractivity contribution < 1.29 is 18.0 Å². The molecule has 0 fully saturated rings. The number of alkyl halides is 3. The molecule has 8 heteroatoms. The van der Waals surface area contributed by atoms with Crippen LogP contribution in [-0.4, -0.2) is 27.5 Å². The summed E-state index contributed by atoms with van der Waals surface area (Å²) in [6.45, 7) is 3.65. The smallest absolute Gasteiger partial charge is 0.345 e. The number of nitrogens with one attached hydrogen (secondary N) is 2. The highest BCUT2D eigenvalue weighted by Gasteiger charge is 2.35. The Labute approximate surface area is 178 Å². The summed E-state index contributed by atoms with van der Waals surface area (Å²) in [4.78, 5) is 14.3. The number of nitrogens with zero attached hydrogens (tertiary/aromatic N) is 2. The average molecular weight is 428 g/mol. The number of carbonyl (C=O) groups excluding carboxylic acids is 1. The van der Waals surface area contributed by atoms with Crippen molar-refractivity contribution >= 4 is 5.91 Å². The number of carbonyl (C=O) groups is 1. The second-order valence-electron chi connectivity index (χ2n) is 7.83. The second-order valence-corrected chi connectivity index (χ2v) is 7.83. The van der Waals surface area contributed by atoms with Crippen molar-refractivity contribution in [2.24, 2.45) is 0 Å². The molecule has 2 aromatic carbocycles. The number of aromatic nitrogens is 2. The zero-order chi connectivity index (χ0) is 22.0. The van der Waals surface area contributed by atoms with Crippen molar-refractivity contribution in [1.29, 1.82) is 0 Å². The van der Waals surface area contributed by atoms with Crippen LogP contribution in [0.1, 0.15) is 51.1 Å². The first-order chi connectivity index (χ1) is 14.8. The third-order valence-electron chi connectivity index (χ3n) is 5.64. The molecule has 0 unspecified atom stereocenters. The van der Waals surface area contributed by atoms with Crippen LogP contribution in [0.5, 0.6) is 0 Å². The minimum absolute atomic E-state index is 0.167. The quantitative estimate of drug-likeness (QED) is 0.630. The summed E-state index contributed by atoms with van der Waals surface area (Å²) >= 11 is 0. The topological polar surface area (TPSA) is 61.0 Å². The molecule has 0 saturated heterocycles. The van der Waals surface area contributed by atoms with E-state index < -0.39 is 11.7 Å². The monoisotopic (exact) mass is 428 g/mol. The Hall–Kier alpha value is -3.13. The van der Waals surface area contributed by atoms with Crippen molar-refractivity contribution in [1.82, 2.24) is 20.4 Å². The number of amides is 1. The molecule has 3 aromatic rings. The maximum atomic E-state index is 13.2. The lowest BCUT2D eigenvalue weighted by atomic mass is 9.94. The van der Waals surface area contributed by atoms with Crippen LogP contribution in [0.2, 0.25) is 0 Å². The number of rotatable bonds is 5. The van der Waals surface area contributed by atoms with Gasteiger partial charge in [0.1, 0.15) is 0 Å². The Balaban J connectivity index is 1.38. The third-order valence-corrected chi connectivity index (χ3v) is 5.64. The molecular formula is C23H23F3N4O. The zero-order valence-corrected chi connectivity index (χ0v) is 17.0. The molecule has 0 aliphatic carbocycles. The van der Waals surface area contributed by atoms with Gasteiger partial charge < -0.3 is 5.32 Å². The predicted molar refractivity (Wildman–Crippen MR) is 110 cm³/mol. The summed E-state index contributed by atoms with van der Waals surface area (Å²) in [6, 6.07) is 12.2. The van der Waals surface area contributed by atoms with Gasteiger partial charge in [-0.3, -0.25) is 14.8 Å². The van der Waals surface area contributed by atoms with Gasteiger partial charge in [-0.15, -0.1) is 0 Å². The molecule has 1 amide bonds. The van der Waals surface area contributed by atoms with Crippen LogP contribution in [0, 0.1) is 0 Å². The molecule has 2 N–H and O–H groups in total. The fourth-order valence-corrected chi connectivity index (χ4v) is 3.98. The van der Waals surface area contributed by atoms with Gasteiger partial charge >= 0.3 is 6.18 Å². The van der Waals surface area contributed by atoms with Gasteiger partial charge in [-0.2, -0.15) is 18.3 Å². The molecule has 1 aliphatic rings. The van der Waals surface area contributed by atoms with Crippen LogP contribution in [0.3, 0.4) is 0 Å². The first-order valence-corrected chi connectivity index (χ1v) is 10.1. The van der Waals surface area contributed by atoms with Crippen LogP contribution in [0.25, 0.3) is 0 Å². The van der Waals surface area contributed by atoms with E-state index in [1.54, 1.807) is 12.3 Å². The van der Waals surface area contributed by atoms with Crippen LogP contribution < -0.4 is 5.32 Å².